The number of fused-ring (bicyclic) bond motifs is 1. The van der Waals surface area contributed by atoms with Crippen LogP contribution in [0.5, 0.6) is 0 Å². The lowest BCUT2D eigenvalue weighted by molar-refractivity contribution is 0.0111. The number of rotatable bonds is 0. The molecule has 2 aliphatic rings. The maximum Gasteiger partial charge on any atom is 0.410 e. The van der Waals surface area contributed by atoms with E-state index in [1.54, 1.807) is 0 Å². The molecule has 1 aromatic carbocycles. The number of piperidine rings is 1. The van der Waals surface area contributed by atoms with Gasteiger partial charge in [-0.1, -0.05) is 23.8 Å². The lowest BCUT2D eigenvalue weighted by atomic mass is 9.76. The Morgan fingerprint density at radius 1 is 1.14 bits per heavy atom. The first-order valence-corrected chi connectivity index (χ1v) is 8.33. The van der Waals surface area contributed by atoms with Gasteiger partial charge in [0.15, 0.2) is 0 Å². The summed E-state index contributed by atoms with van der Waals surface area (Å²) in [5.74, 6) is 0. The summed E-state index contributed by atoms with van der Waals surface area (Å²) in [7, 11) is 0. The zero-order chi connectivity index (χ0) is 16.0. The molecule has 0 radical (unpaired) electrons. The molecule has 1 heterocycles. The largest absolute Gasteiger partial charge is 0.444 e. The topological polar surface area (TPSA) is 29.5 Å². The molecular formula is C19H27NO2. The molecule has 3 nitrogen and oxygen atoms in total. The number of likely N-dealkylation sites (tertiary alicyclic amines) is 1. The van der Waals surface area contributed by atoms with Crippen LogP contribution < -0.4 is 0 Å². The first-order valence-electron chi connectivity index (χ1n) is 8.33. The van der Waals surface area contributed by atoms with E-state index < -0.39 is 5.60 Å². The summed E-state index contributed by atoms with van der Waals surface area (Å²) in [6, 6.07) is 6.84. The fourth-order valence-electron chi connectivity index (χ4n) is 3.81. The Bertz CT molecular complexity index is 578. The van der Waals surface area contributed by atoms with Crippen molar-refractivity contribution >= 4 is 6.09 Å². The van der Waals surface area contributed by atoms with Gasteiger partial charge in [-0.25, -0.2) is 4.79 Å². The molecular weight excluding hydrogens is 274 g/mol. The average molecular weight is 301 g/mol. The van der Waals surface area contributed by atoms with Crippen LogP contribution in [0.4, 0.5) is 4.79 Å². The normalized spacial score (nSPS) is 20.1. The van der Waals surface area contributed by atoms with Crippen molar-refractivity contribution in [3.8, 4) is 0 Å². The second-order valence-corrected chi connectivity index (χ2v) is 8.09. The highest BCUT2D eigenvalue weighted by molar-refractivity contribution is 5.68. The van der Waals surface area contributed by atoms with Gasteiger partial charge in [0.2, 0.25) is 0 Å². The van der Waals surface area contributed by atoms with Crippen LogP contribution in [-0.4, -0.2) is 29.7 Å². The van der Waals surface area contributed by atoms with Crippen LogP contribution in [0, 0.1) is 12.3 Å². The average Bonchev–Trinajstić information content (AvgIpc) is 2.74. The molecule has 0 saturated carbocycles. The predicted octanol–water partition coefficient (Wildman–Crippen LogP) is 4.11. The molecule has 3 heteroatoms. The van der Waals surface area contributed by atoms with E-state index in [0.717, 1.165) is 25.9 Å². The van der Waals surface area contributed by atoms with Crippen LogP contribution in [-0.2, 0) is 17.6 Å². The number of nitrogens with zero attached hydrogens (tertiary/aromatic N) is 1. The smallest absolute Gasteiger partial charge is 0.410 e. The van der Waals surface area contributed by atoms with Crippen molar-refractivity contribution in [3.05, 3.63) is 34.9 Å². The van der Waals surface area contributed by atoms with Crippen LogP contribution in [0.3, 0.4) is 0 Å². The fraction of sp³-hybridized carbons (Fsp3) is 0.632. The third-order valence-electron chi connectivity index (χ3n) is 4.97. The summed E-state index contributed by atoms with van der Waals surface area (Å²) in [4.78, 5) is 14.1. The molecule has 22 heavy (non-hydrogen) atoms. The van der Waals surface area contributed by atoms with Crippen molar-refractivity contribution < 1.29 is 9.53 Å². The number of carbonyl (C=O) groups is 1. The minimum atomic E-state index is -0.409. The summed E-state index contributed by atoms with van der Waals surface area (Å²) in [5.41, 5.74) is 4.34. The highest BCUT2D eigenvalue weighted by Crippen LogP contribution is 2.44. The molecule has 0 atom stereocenters. The van der Waals surface area contributed by atoms with Crippen LogP contribution >= 0.6 is 0 Å². The molecule has 1 amide bonds. The van der Waals surface area contributed by atoms with Crippen LogP contribution in [0.15, 0.2) is 18.2 Å². The zero-order valence-electron chi connectivity index (χ0n) is 14.2. The van der Waals surface area contributed by atoms with Gasteiger partial charge in [0, 0.05) is 13.1 Å². The highest BCUT2D eigenvalue weighted by atomic mass is 16.6. The molecule has 1 spiro atoms. The number of benzene rings is 1. The lowest BCUT2D eigenvalue weighted by Gasteiger charge is -2.39. The first-order chi connectivity index (χ1) is 10.3. The van der Waals surface area contributed by atoms with Gasteiger partial charge in [0.25, 0.3) is 0 Å². The van der Waals surface area contributed by atoms with Gasteiger partial charge in [-0.3, -0.25) is 0 Å². The van der Waals surface area contributed by atoms with E-state index in [2.05, 4.69) is 25.1 Å². The van der Waals surface area contributed by atoms with E-state index in [1.807, 2.05) is 25.7 Å². The van der Waals surface area contributed by atoms with E-state index in [9.17, 15) is 4.79 Å². The van der Waals surface area contributed by atoms with E-state index in [4.69, 9.17) is 4.74 Å². The maximum atomic E-state index is 12.2. The SMILES string of the molecule is Cc1ccc2c(c1)CC1(CCN(C(=O)OC(C)(C)C)CC1)C2. The molecule has 0 N–H and O–H groups in total. The summed E-state index contributed by atoms with van der Waals surface area (Å²) < 4.78 is 5.49. The third-order valence-corrected chi connectivity index (χ3v) is 4.97. The number of carbonyl (C=O) groups excluding carboxylic acids is 1. The first kappa shape index (κ1) is 15.4. The Kier molecular flexibility index (Phi) is 3.70. The monoisotopic (exact) mass is 301 g/mol. The minimum Gasteiger partial charge on any atom is -0.444 e. The van der Waals surface area contributed by atoms with Crippen molar-refractivity contribution in [2.45, 2.75) is 59.0 Å². The minimum absolute atomic E-state index is 0.159. The molecule has 1 aliphatic heterocycles. The molecule has 0 bridgehead atoms. The molecule has 1 aliphatic carbocycles. The Balaban J connectivity index is 1.62. The lowest BCUT2D eigenvalue weighted by Crippen LogP contribution is -2.45. The second-order valence-electron chi connectivity index (χ2n) is 8.09. The predicted molar refractivity (Wildman–Crippen MR) is 88.1 cm³/mol. The molecule has 1 fully saturated rings. The summed E-state index contributed by atoms with van der Waals surface area (Å²) in [6.45, 7) is 9.57. The molecule has 120 valence electrons. The van der Waals surface area contributed by atoms with E-state index >= 15 is 0 Å². The number of hydrogen-bond acceptors (Lipinski definition) is 2. The van der Waals surface area contributed by atoms with Crippen molar-refractivity contribution in [2.24, 2.45) is 5.41 Å². The van der Waals surface area contributed by atoms with E-state index in [-0.39, 0.29) is 6.09 Å². The third kappa shape index (κ3) is 3.13. The Morgan fingerprint density at radius 3 is 2.41 bits per heavy atom. The molecule has 1 saturated heterocycles. The molecule has 0 unspecified atom stereocenters. The van der Waals surface area contributed by atoms with Crippen molar-refractivity contribution in [2.75, 3.05) is 13.1 Å². The quantitative estimate of drug-likeness (QED) is 0.721. The zero-order valence-corrected chi connectivity index (χ0v) is 14.2. The van der Waals surface area contributed by atoms with Crippen molar-refractivity contribution in [1.29, 1.82) is 0 Å². The van der Waals surface area contributed by atoms with Gasteiger partial charge in [0.05, 0.1) is 0 Å². The van der Waals surface area contributed by atoms with Gasteiger partial charge in [-0.05, 0) is 69.9 Å². The number of aryl methyl sites for hydroxylation is 1. The Labute approximate surface area is 133 Å². The van der Waals surface area contributed by atoms with Gasteiger partial charge in [0.1, 0.15) is 5.60 Å². The van der Waals surface area contributed by atoms with Gasteiger partial charge in [-0.2, -0.15) is 0 Å². The summed E-state index contributed by atoms with van der Waals surface area (Å²) >= 11 is 0. The fourth-order valence-corrected chi connectivity index (χ4v) is 3.81. The van der Waals surface area contributed by atoms with Crippen LogP contribution in [0.25, 0.3) is 0 Å². The Morgan fingerprint density at radius 2 is 1.77 bits per heavy atom. The standard InChI is InChI=1S/C19H27NO2/c1-14-5-6-15-12-19(13-16(15)11-14)7-9-20(10-8-19)17(21)22-18(2,3)4/h5-6,11H,7-10,12-13H2,1-4H3. The summed E-state index contributed by atoms with van der Waals surface area (Å²) in [6.07, 6.45) is 4.35. The van der Waals surface area contributed by atoms with Crippen molar-refractivity contribution in [1.82, 2.24) is 4.90 Å². The van der Waals surface area contributed by atoms with Gasteiger partial charge in [-0.15, -0.1) is 0 Å². The molecule has 1 aromatic rings. The van der Waals surface area contributed by atoms with Gasteiger partial charge < -0.3 is 9.64 Å². The van der Waals surface area contributed by atoms with Crippen molar-refractivity contribution in [3.63, 3.8) is 0 Å². The second kappa shape index (κ2) is 5.29. The number of hydrogen-bond donors (Lipinski definition) is 0. The molecule has 3 rings (SSSR count). The highest BCUT2D eigenvalue weighted by Gasteiger charge is 2.41. The number of ether oxygens (including phenoxy) is 1. The van der Waals surface area contributed by atoms with E-state index in [0.29, 0.717) is 5.41 Å². The Hall–Kier alpha value is -1.51. The van der Waals surface area contributed by atoms with Gasteiger partial charge >= 0.3 is 6.09 Å². The van der Waals surface area contributed by atoms with Crippen LogP contribution in [0.1, 0.15) is 50.3 Å². The molecule has 0 aromatic heterocycles. The summed E-state index contributed by atoms with van der Waals surface area (Å²) in [5, 5.41) is 0. The maximum absolute atomic E-state index is 12.2. The van der Waals surface area contributed by atoms with E-state index in [1.165, 1.54) is 29.5 Å². The van der Waals surface area contributed by atoms with Crippen LogP contribution in [0.2, 0.25) is 0 Å². The number of amides is 1.